The van der Waals surface area contributed by atoms with Crippen LogP contribution in [0.3, 0.4) is 0 Å². The molecular weight excluding hydrogens is 356 g/mol. The van der Waals surface area contributed by atoms with Gasteiger partial charge in [-0.05, 0) is 35.9 Å². The van der Waals surface area contributed by atoms with Gasteiger partial charge in [-0.25, -0.2) is 14.3 Å². The number of hydrogen-bond donors (Lipinski definition) is 1. The number of nitrogens with zero attached hydrogens (tertiary/aromatic N) is 4. The number of carboxylic acid groups (broad SMARTS) is 1. The van der Waals surface area contributed by atoms with Crippen LogP contribution in [0.25, 0.3) is 28.0 Å². The lowest BCUT2D eigenvalue weighted by atomic mass is 10.1. The number of hydrogen-bond acceptors (Lipinski definition) is 5. The van der Waals surface area contributed by atoms with Crippen LogP contribution in [0.4, 0.5) is 0 Å². The lowest BCUT2D eigenvalue weighted by molar-refractivity contribution is 0.0693. The molecular formula is C21H14N4O3. The van der Waals surface area contributed by atoms with Crippen LogP contribution in [-0.4, -0.2) is 32.8 Å². The number of carbonyl (C=O) groups is 1. The third-order valence-electron chi connectivity index (χ3n) is 4.42. The molecule has 1 N–H and O–H groups in total. The van der Waals surface area contributed by atoms with Crippen molar-refractivity contribution in [3.05, 3.63) is 72.1 Å². The predicted molar refractivity (Wildman–Crippen MR) is 102 cm³/mol. The van der Waals surface area contributed by atoms with Crippen LogP contribution in [0, 0.1) is 11.3 Å². The van der Waals surface area contributed by atoms with Crippen molar-refractivity contribution >= 4 is 11.6 Å². The first-order valence-corrected chi connectivity index (χ1v) is 8.37. The van der Waals surface area contributed by atoms with Crippen molar-refractivity contribution in [3.8, 4) is 34.2 Å². The fraction of sp³-hybridized carbons (Fsp3) is 0.0476. The number of fused-ring (bicyclic) bond motifs is 1. The summed E-state index contributed by atoms with van der Waals surface area (Å²) in [5.74, 6) is -0.779. The molecule has 0 saturated carbocycles. The van der Waals surface area contributed by atoms with Gasteiger partial charge >= 0.3 is 5.97 Å². The number of aromatic carboxylic acids is 1. The Morgan fingerprint density at radius 1 is 1.14 bits per heavy atom. The molecule has 4 aromatic rings. The summed E-state index contributed by atoms with van der Waals surface area (Å²) in [5.41, 5.74) is 4.46. The molecule has 0 saturated heterocycles. The quantitative estimate of drug-likeness (QED) is 0.589. The highest BCUT2D eigenvalue weighted by molar-refractivity contribution is 5.92. The Morgan fingerprint density at radius 2 is 1.89 bits per heavy atom. The third-order valence-corrected chi connectivity index (χ3v) is 4.42. The lowest BCUT2D eigenvalue weighted by Gasteiger charge is -2.08. The highest BCUT2D eigenvalue weighted by Gasteiger charge is 2.14. The zero-order valence-electron chi connectivity index (χ0n) is 14.8. The van der Waals surface area contributed by atoms with Gasteiger partial charge < -0.3 is 9.84 Å². The molecule has 0 unspecified atom stereocenters. The molecule has 0 aliphatic rings. The Balaban J connectivity index is 1.81. The maximum Gasteiger partial charge on any atom is 0.339 e. The Hall–Kier alpha value is -4.18. The number of methoxy groups -OCH3 is 1. The Morgan fingerprint density at radius 3 is 2.57 bits per heavy atom. The van der Waals surface area contributed by atoms with Crippen LogP contribution < -0.4 is 4.74 Å². The van der Waals surface area contributed by atoms with Gasteiger partial charge in [-0.15, -0.1) is 0 Å². The minimum atomic E-state index is -1.05. The second-order valence-corrected chi connectivity index (χ2v) is 6.05. The zero-order chi connectivity index (χ0) is 19.7. The minimum Gasteiger partial charge on any atom is -0.496 e. The van der Waals surface area contributed by atoms with E-state index in [2.05, 4.69) is 11.2 Å². The summed E-state index contributed by atoms with van der Waals surface area (Å²) in [6.07, 6.45) is 3.52. The predicted octanol–water partition coefficient (Wildman–Crippen LogP) is 3.64. The number of nitriles is 1. The summed E-state index contributed by atoms with van der Waals surface area (Å²) >= 11 is 0. The van der Waals surface area contributed by atoms with Crippen LogP contribution >= 0.6 is 0 Å². The van der Waals surface area contributed by atoms with Gasteiger partial charge in [0.2, 0.25) is 0 Å². The van der Waals surface area contributed by atoms with Gasteiger partial charge in [-0.3, -0.25) is 0 Å². The number of aromatic nitrogens is 3. The molecule has 4 rings (SSSR count). The van der Waals surface area contributed by atoms with E-state index in [4.69, 9.17) is 15.0 Å². The number of ether oxygens (including phenoxy) is 1. The van der Waals surface area contributed by atoms with E-state index in [9.17, 15) is 9.90 Å². The maximum absolute atomic E-state index is 11.3. The molecule has 2 heterocycles. The standard InChI is InChI=1S/C21H14N4O3/c1-28-19-10-15(6-7-16(19)21(26)27)18-8-9-25-20(24-18)17(12-23-25)14-4-2-13(11-22)3-5-14/h2-10,12H,1H3,(H,26,27). The minimum absolute atomic E-state index is 0.0925. The summed E-state index contributed by atoms with van der Waals surface area (Å²) in [6, 6.07) is 16.0. The largest absolute Gasteiger partial charge is 0.496 e. The summed E-state index contributed by atoms with van der Waals surface area (Å²) in [4.78, 5) is 16.0. The van der Waals surface area contributed by atoms with Gasteiger partial charge in [0.05, 0.1) is 30.6 Å². The molecule has 2 aromatic heterocycles. The molecule has 0 aliphatic heterocycles. The van der Waals surface area contributed by atoms with E-state index in [0.29, 0.717) is 16.9 Å². The first-order valence-electron chi connectivity index (χ1n) is 8.37. The lowest BCUT2D eigenvalue weighted by Crippen LogP contribution is -2.01. The Labute approximate surface area is 160 Å². The van der Waals surface area contributed by atoms with E-state index in [1.165, 1.54) is 13.2 Å². The second kappa shape index (κ2) is 6.85. The van der Waals surface area contributed by atoms with E-state index in [1.54, 1.807) is 47.2 Å². The topological polar surface area (TPSA) is 101 Å². The van der Waals surface area contributed by atoms with Crippen molar-refractivity contribution in [2.75, 3.05) is 7.11 Å². The highest BCUT2D eigenvalue weighted by atomic mass is 16.5. The maximum atomic E-state index is 11.3. The normalized spacial score (nSPS) is 10.6. The van der Waals surface area contributed by atoms with Crippen LogP contribution in [0.2, 0.25) is 0 Å². The molecule has 136 valence electrons. The molecule has 0 bridgehead atoms. The van der Waals surface area contributed by atoms with Crippen molar-refractivity contribution in [1.29, 1.82) is 5.26 Å². The Bertz CT molecular complexity index is 1240. The van der Waals surface area contributed by atoms with Gasteiger partial charge in [-0.1, -0.05) is 18.2 Å². The van der Waals surface area contributed by atoms with Crippen molar-refractivity contribution in [2.45, 2.75) is 0 Å². The molecule has 0 amide bonds. The van der Waals surface area contributed by atoms with E-state index < -0.39 is 5.97 Å². The molecule has 0 fully saturated rings. The number of carboxylic acids is 1. The summed E-state index contributed by atoms with van der Waals surface area (Å²) in [7, 11) is 1.43. The molecule has 7 heteroatoms. The summed E-state index contributed by atoms with van der Waals surface area (Å²) in [6.45, 7) is 0. The second-order valence-electron chi connectivity index (χ2n) is 6.05. The third kappa shape index (κ3) is 2.93. The SMILES string of the molecule is COc1cc(-c2ccn3ncc(-c4ccc(C#N)cc4)c3n2)ccc1C(=O)O. The van der Waals surface area contributed by atoms with Gasteiger partial charge in [-0.2, -0.15) is 10.4 Å². The van der Waals surface area contributed by atoms with Crippen molar-refractivity contribution in [2.24, 2.45) is 0 Å². The monoisotopic (exact) mass is 370 g/mol. The molecule has 0 radical (unpaired) electrons. The van der Waals surface area contributed by atoms with Crippen molar-refractivity contribution in [3.63, 3.8) is 0 Å². The van der Waals surface area contributed by atoms with E-state index in [1.807, 2.05) is 12.1 Å². The summed E-state index contributed by atoms with van der Waals surface area (Å²) < 4.78 is 6.87. The van der Waals surface area contributed by atoms with Crippen LogP contribution in [0.1, 0.15) is 15.9 Å². The van der Waals surface area contributed by atoms with Crippen molar-refractivity contribution in [1.82, 2.24) is 14.6 Å². The fourth-order valence-electron chi connectivity index (χ4n) is 2.98. The first-order chi connectivity index (χ1) is 13.6. The van der Waals surface area contributed by atoms with Crippen LogP contribution in [-0.2, 0) is 0 Å². The zero-order valence-corrected chi connectivity index (χ0v) is 14.8. The van der Waals surface area contributed by atoms with Gasteiger partial charge in [0.25, 0.3) is 0 Å². The smallest absolute Gasteiger partial charge is 0.339 e. The summed E-state index contributed by atoms with van der Waals surface area (Å²) in [5, 5.41) is 22.5. The van der Waals surface area contributed by atoms with Crippen LogP contribution in [0.5, 0.6) is 5.75 Å². The average Bonchev–Trinajstić information content (AvgIpc) is 3.16. The first kappa shape index (κ1) is 17.2. The van der Waals surface area contributed by atoms with E-state index >= 15 is 0 Å². The van der Waals surface area contributed by atoms with E-state index in [-0.39, 0.29) is 11.3 Å². The average molecular weight is 370 g/mol. The molecule has 2 aromatic carbocycles. The van der Waals surface area contributed by atoms with Gasteiger partial charge in [0, 0.05) is 17.3 Å². The highest BCUT2D eigenvalue weighted by Crippen LogP contribution is 2.29. The van der Waals surface area contributed by atoms with Gasteiger partial charge in [0.1, 0.15) is 11.3 Å². The molecule has 28 heavy (non-hydrogen) atoms. The molecule has 7 nitrogen and oxygen atoms in total. The fourth-order valence-corrected chi connectivity index (χ4v) is 2.98. The Kier molecular flexibility index (Phi) is 4.22. The van der Waals surface area contributed by atoms with Crippen molar-refractivity contribution < 1.29 is 14.6 Å². The number of rotatable bonds is 4. The van der Waals surface area contributed by atoms with E-state index in [0.717, 1.165) is 16.7 Å². The number of benzene rings is 2. The molecule has 0 aliphatic carbocycles. The molecule has 0 atom stereocenters. The molecule has 0 spiro atoms. The van der Waals surface area contributed by atoms with Crippen LogP contribution in [0.15, 0.2) is 60.9 Å². The van der Waals surface area contributed by atoms with Gasteiger partial charge in [0.15, 0.2) is 5.65 Å².